The Hall–Kier alpha value is -2.04. The number of para-hydroxylation sites is 1. The van der Waals surface area contributed by atoms with Gasteiger partial charge < -0.3 is 4.74 Å². The Morgan fingerprint density at radius 3 is 2.53 bits per heavy atom. The SMILES string of the molecule is NSc1ccc(Oc2cnc3ccccc3c2)cc1. The Kier molecular flexibility index (Phi) is 3.35. The van der Waals surface area contributed by atoms with Crippen LogP contribution >= 0.6 is 11.9 Å². The molecule has 0 aliphatic carbocycles. The summed E-state index contributed by atoms with van der Waals surface area (Å²) in [6.07, 6.45) is 1.73. The minimum atomic E-state index is 0.729. The quantitative estimate of drug-likeness (QED) is 0.729. The second-order valence-electron chi connectivity index (χ2n) is 4.06. The molecule has 2 N–H and O–H groups in total. The van der Waals surface area contributed by atoms with Gasteiger partial charge in [-0.05, 0) is 48.3 Å². The number of rotatable bonds is 3. The zero-order chi connectivity index (χ0) is 13.1. The summed E-state index contributed by atoms with van der Waals surface area (Å²) in [6, 6.07) is 17.6. The third-order valence-electron chi connectivity index (χ3n) is 2.76. The number of benzene rings is 2. The van der Waals surface area contributed by atoms with E-state index in [1.165, 1.54) is 11.9 Å². The molecule has 0 fully saturated rings. The van der Waals surface area contributed by atoms with Gasteiger partial charge in [-0.15, -0.1) is 0 Å². The minimum Gasteiger partial charge on any atom is -0.456 e. The Morgan fingerprint density at radius 2 is 1.74 bits per heavy atom. The molecule has 4 heteroatoms. The van der Waals surface area contributed by atoms with Crippen molar-refractivity contribution in [3.05, 3.63) is 60.8 Å². The molecule has 0 saturated carbocycles. The van der Waals surface area contributed by atoms with E-state index in [4.69, 9.17) is 9.88 Å². The molecule has 3 aromatic rings. The van der Waals surface area contributed by atoms with Crippen molar-refractivity contribution in [1.29, 1.82) is 0 Å². The largest absolute Gasteiger partial charge is 0.456 e. The fraction of sp³-hybridized carbons (Fsp3) is 0. The summed E-state index contributed by atoms with van der Waals surface area (Å²) in [4.78, 5) is 5.37. The predicted octanol–water partition coefficient (Wildman–Crippen LogP) is 3.99. The van der Waals surface area contributed by atoms with Gasteiger partial charge in [-0.2, -0.15) is 0 Å². The van der Waals surface area contributed by atoms with E-state index >= 15 is 0 Å². The van der Waals surface area contributed by atoms with Crippen LogP contribution in [0, 0.1) is 0 Å². The maximum Gasteiger partial charge on any atom is 0.146 e. The number of nitrogens with two attached hydrogens (primary N) is 1. The second-order valence-corrected chi connectivity index (χ2v) is 4.76. The third kappa shape index (κ3) is 2.70. The van der Waals surface area contributed by atoms with Crippen LogP contribution in [0.2, 0.25) is 0 Å². The second kappa shape index (κ2) is 5.30. The van der Waals surface area contributed by atoms with Crippen molar-refractivity contribution in [2.24, 2.45) is 5.14 Å². The van der Waals surface area contributed by atoms with Gasteiger partial charge in [0, 0.05) is 10.3 Å². The topological polar surface area (TPSA) is 48.1 Å². The zero-order valence-corrected chi connectivity index (χ0v) is 10.9. The van der Waals surface area contributed by atoms with Crippen LogP contribution in [0.4, 0.5) is 0 Å². The highest BCUT2D eigenvalue weighted by Gasteiger charge is 2.00. The summed E-state index contributed by atoms with van der Waals surface area (Å²) in [5.41, 5.74) is 0.963. The number of aromatic nitrogens is 1. The lowest BCUT2D eigenvalue weighted by Gasteiger charge is -2.06. The Labute approximate surface area is 115 Å². The van der Waals surface area contributed by atoms with Gasteiger partial charge in [-0.3, -0.25) is 10.1 Å². The van der Waals surface area contributed by atoms with E-state index in [0.29, 0.717) is 0 Å². The molecular weight excluding hydrogens is 256 g/mol. The van der Waals surface area contributed by atoms with Crippen LogP contribution in [0.5, 0.6) is 11.5 Å². The van der Waals surface area contributed by atoms with Gasteiger partial charge in [0.2, 0.25) is 0 Å². The molecule has 0 unspecified atom stereocenters. The van der Waals surface area contributed by atoms with E-state index in [1.807, 2.05) is 54.6 Å². The molecule has 1 heterocycles. The molecule has 1 aromatic heterocycles. The van der Waals surface area contributed by atoms with Gasteiger partial charge in [0.1, 0.15) is 11.5 Å². The molecule has 0 spiro atoms. The molecule has 0 radical (unpaired) electrons. The van der Waals surface area contributed by atoms with Gasteiger partial charge in [-0.1, -0.05) is 18.2 Å². The van der Waals surface area contributed by atoms with Crippen molar-refractivity contribution >= 4 is 22.9 Å². The average molecular weight is 268 g/mol. The lowest BCUT2D eigenvalue weighted by Crippen LogP contribution is -1.87. The highest BCUT2D eigenvalue weighted by atomic mass is 32.2. The average Bonchev–Trinajstić information content (AvgIpc) is 2.48. The van der Waals surface area contributed by atoms with Crippen LogP contribution in [0.1, 0.15) is 0 Å². The van der Waals surface area contributed by atoms with Crippen molar-refractivity contribution in [1.82, 2.24) is 4.98 Å². The van der Waals surface area contributed by atoms with Crippen LogP contribution in [0.15, 0.2) is 65.7 Å². The fourth-order valence-corrected chi connectivity index (χ4v) is 2.12. The maximum absolute atomic E-state index is 5.77. The molecule has 0 aliphatic heterocycles. The predicted molar refractivity (Wildman–Crippen MR) is 78.3 cm³/mol. The smallest absolute Gasteiger partial charge is 0.146 e. The van der Waals surface area contributed by atoms with Crippen molar-refractivity contribution in [2.45, 2.75) is 4.90 Å². The first-order valence-corrected chi connectivity index (χ1v) is 6.72. The van der Waals surface area contributed by atoms with E-state index in [-0.39, 0.29) is 0 Å². The van der Waals surface area contributed by atoms with Crippen LogP contribution in [0.25, 0.3) is 10.9 Å². The monoisotopic (exact) mass is 268 g/mol. The minimum absolute atomic E-state index is 0.729. The Balaban J connectivity index is 1.87. The van der Waals surface area contributed by atoms with Crippen LogP contribution in [0.3, 0.4) is 0 Å². The van der Waals surface area contributed by atoms with Gasteiger partial charge in [0.15, 0.2) is 0 Å². The van der Waals surface area contributed by atoms with E-state index < -0.39 is 0 Å². The third-order valence-corrected chi connectivity index (χ3v) is 3.31. The van der Waals surface area contributed by atoms with Gasteiger partial charge in [0.25, 0.3) is 0 Å². The number of hydrogen-bond acceptors (Lipinski definition) is 4. The molecule has 94 valence electrons. The lowest BCUT2D eigenvalue weighted by atomic mass is 10.2. The zero-order valence-electron chi connectivity index (χ0n) is 10.1. The fourth-order valence-electron chi connectivity index (χ4n) is 1.83. The van der Waals surface area contributed by atoms with Crippen molar-refractivity contribution in [3.8, 4) is 11.5 Å². The Morgan fingerprint density at radius 1 is 0.947 bits per heavy atom. The van der Waals surface area contributed by atoms with Gasteiger partial charge in [0.05, 0.1) is 11.7 Å². The first-order chi connectivity index (χ1) is 9.35. The first-order valence-electron chi connectivity index (χ1n) is 5.84. The molecule has 0 amide bonds. The van der Waals surface area contributed by atoms with E-state index in [0.717, 1.165) is 27.3 Å². The molecule has 3 nitrogen and oxygen atoms in total. The van der Waals surface area contributed by atoms with Crippen molar-refractivity contribution in [3.63, 3.8) is 0 Å². The van der Waals surface area contributed by atoms with Crippen molar-refractivity contribution < 1.29 is 4.74 Å². The summed E-state index contributed by atoms with van der Waals surface area (Å²) >= 11 is 1.22. The molecule has 0 atom stereocenters. The van der Waals surface area contributed by atoms with Crippen LogP contribution < -0.4 is 9.88 Å². The van der Waals surface area contributed by atoms with E-state index in [2.05, 4.69) is 4.98 Å². The molecule has 0 saturated heterocycles. The summed E-state index contributed by atoms with van der Waals surface area (Å²) in [6.45, 7) is 0. The van der Waals surface area contributed by atoms with E-state index in [9.17, 15) is 0 Å². The number of hydrogen-bond donors (Lipinski definition) is 1. The summed E-state index contributed by atoms with van der Waals surface area (Å²) in [5.74, 6) is 1.50. The van der Waals surface area contributed by atoms with Crippen molar-refractivity contribution in [2.75, 3.05) is 0 Å². The lowest BCUT2D eigenvalue weighted by molar-refractivity contribution is 0.481. The van der Waals surface area contributed by atoms with E-state index in [1.54, 1.807) is 6.20 Å². The number of ether oxygens (including phenoxy) is 1. The maximum atomic E-state index is 5.77. The normalized spacial score (nSPS) is 10.6. The molecule has 0 bridgehead atoms. The van der Waals surface area contributed by atoms with Gasteiger partial charge in [-0.25, -0.2) is 0 Å². The molecule has 19 heavy (non-hydrogen) atoms. The standard InChI is InChI=1S/C15H12N2OS/c16-19-14-7-5-12(6-8-14)18-13-9-11-3-1-2-4-15(11)17-10-13/h1-10H,16H2. The number of fused-ring (bicyclic) bond motifs is 1. The van der Waals surface area contributed by atoms with Crippen LogP contribution in [-0.4, -0.2) is 4.98 Å². The highest BCUT2D eigenvalue weighted by Crippen LogP contribution is 2.25. The van der Waals surface area contributed by atoms with Gasteiger partial charge >= 0.3 is 0 Å². The molecule has 3 rings (SSSR count). The summed E-state index contributed by atoms with van der Waals surface area (Å²) in [7, 11) is 0. The first kappa shape index (κ1) is 12.0. The van der Waals surface area contributed by atoms with Crippen LogP contribution in [-0.2, 0) is 0 Å². The molecular formula is C15H12N2OS. The summed E-state index contributed by atoms with van der Waals surface area (Å²) < 4.78 is 5.77. The highest BCUT2D eigenvalue weighted by molar-refractivity contribution is 7.97. The molecule has 2 aromatic carbocycles. The Bertz CT molecular complexity index is 698. The molecule has 0 aliphatic rings. The number of pyridine rings is 1. The number of nitrogens with zero attached hydrogens (tertiary/aromatic N) is 1. The summed E-state index contributed by atoms with van der Waals surface area (Å²) in [5, 5.41) is 6.54.